The van der Waals surface area contributed by atoms with Crippen LogP contribution in [0.1, 0.15) is 45.2 Å². The van der Waals surface area contributed by atoms with Gasteiger partial charge in [-0.25, -0.2) is 4.98 Å². The molecule has 26 heavy (non-hydrogen) atoms. The number of aromatic nitrogens is 1. The lowest BCUT2D eigenvalue weighted by atomic mass is 10.1. The van der Waals surface area contributed by atoms with Crippen LogP contribution in [-0.4, -0.2) is 29.9 Å². The molecule has 5 nitrogen and oxygen atoms in total. The van der Waals surface area contributed by atoms with Crippen LogP contribution < -0.4 is 10.2 Å². The van der Waals surface area contributed by atoms with E-state index in [1.165, 1.54) is 11.3 Å². The first-order valence-electron chi connectivity index (χ1n) is 8.66. The van der Waals surface area contributed by atoms with Gasteiger partial charge < -0.3 is 10.2 Å². The average molecular weight is 367 g/mol. The molecular formula is C20H21N3O2S. The van der Waals surface area contributed by atoms with Crippen molar-refractivity contribution in [2.45, 2.75) is 33.1 Å². The van der Waals surface area contributed by atoms with Crippen molar-refractivity contribution in [3.63, 3.8) is 0 Å². The van der Waals surface area contributed by atoms with E-state index in [9.17, 15) is 9.59 Å². The molecule has 1 N–H and O–H groups in total. The molecule has 1 aliphatic heterocycles. The fourth-order valence-electron chi connectivity index (χ4n) is 2.90. The molecule has 1 aromatic carbocycles. The van der Waals surface area contributed by atoms with Crippen LogP contribution in [0.5, 0.6) is 0 Å². The summed E-state index contributed by atoms with van der Waals surface area (Å²) in [6, 6.07) is 7.66. The largest absolute Gasteiger partial charge is 0.340 e. The van der Waals surface area contributed by atoms with Gasteiger partial charge in [0.1, 0.15) is 4.88 Å². The molecule has 0 unspecified atom stereocenters. The van der Waals surface area contributed by atoms with Gasteiger partial charge in [0.15, 0.2) is 0 Å². The number of carbonyl (C=O) groups is 2. The van der Waals surface area contributed by atoms with Gasteiger partial charge >= 0.3 is 0 Å². The summed E-state index contributed by atoms with van der Waals surface area (Å²) in [5.41, 5.74) is 2.53. The number of piperidine rings is 1. The van der Waals surface area contributed by atoms with E-state index in [0.29, 0.717) is 11.3 Å². The number of amides is 2. The zero-order valence-corrected chi connectivity index (χ0v) is 15.8. The van der Waals surface area contributed by atoms with Gasteiger partial charge in [-0.3, -0.25) is 9.59 Å². The number of hydrogen-bond donors (Lipinski definition) is 1. The Morgan fingerprint density at radius 3 is 2.69 bits per heavy atom. The number of anilines is 1. The van der Waals surface area contributed by atoms with Gasteiger partial charge in [-0.05, 0) is 51.0 Å². The van der Waals surface area contributed by atoms with Gasteiger partial charge in [0.25, 0.3) is 5.91 Å². The molecule has 0 atom stereocenters. The molecule has 2 heterocycles. The van der Waals surface area contributed by atoms with Crippen LogP contribution in [0.2, 0.25) is 0 Å². The molecule has 6 heteroatoms. The maximum atomic E-state index is 12.1. The summed E-state index contributed by atoms with van der Waals surface area (Å²) in [6.07, 6.45) is 2.65. The first-order valence-corrected chi connectivity index (χ1v) is 9.48. The number of nitrogens with one attached hydrogen (secondary N) is 1. The maximum Gasteiger partial charge on any atom is 0.264 e. The molecular weight excluding hydrogens is 346 g/mol. The smallest absolute Gasteiger partial charge is 0.264 e. The number of thiazole rings is 1. The van der Waals surface area contributed by atoms with Gasteiger partial charge in [0.2, 0.25) is 5.91 Å². The number of carbonyl (C=O) groups excluding carboxylic acids is 2. The van der Waals surface area contributed by atoms with Crippen LogP contribution in [0.25, 0.3) is 0 Å². The van der Waals surface area contributed by atoms with Gasteiger partial charge in [0, 0.05) is 24.2 Å². The second-order valence-corrected chi connectivity index (χ2v) is 7.38. The van der Waals surface area contributed by atoms with Crippen LogP contribution in [0.3, 0.4) is 0 Å². The van der Waals surface area contributed by atoms with E-state index in [4.69, 9.17) is 0 Å². The highest BCUT2D eigenvalue weighted by molar-refractivity contribution is 7.13. The molecule has 0 radical (unpaired) electrons. The molecule has 3 rings (SSSR count). The predicted molar refractivity (Wildman–Crippen MR) is 103 cm³/mol. The zero-order valence-electron chi connectivity index (χ0n) is 15.0. The monoisotopic (exact) mass is 367 g/mol. The van der Waals surface area contributed by atoms with Gasteiger partial charge in [-0.2, -0.15) is 0 Å². The second-order valence-electron chi connectivity index (χ2n) is 6.18. The summed E-state index contributed by atoms with van der Waals surface area (Å²) < 4.78 is 0. The van der Waals surface area contributed by atoms with E-state index in [-0.39, 0.29) is 18.4 Å². The Labute approximate surface area is 157 Å². The number of nitrogens with zero attached hydrogens (tertiary/aromatic N) is 2. The van der Waals surface area contributed by atoms with Crippen molar-refractivity contribution >= 4 is 28.8 Å². The highest BCUT2D eigenvalue weighted by Crippen LogP contribution is 2.21. The lowest BCUT2D eigenvalue weighted by molar-refractivity contribution is -0.119. The summed E-state index contributed by atoms with van der Waals surface area (Å²) in [7, 11) is 0. The fraction of sp³-hybridized carbons (Fsp3) is 0.350. The molecule has 0 bridgehead atoms. The van der Waals surface area contributed by atoms with E-state index in [2.05, 4.69) is 22.1 Å². The van der Waals surface area contributed by atoms with E-state index in [1.54, 1.807) is 0 Å². The molecule has 0 spiro atoms. The Morgan fingerprint density at radius 1 is 1.27 bits per heavy atom. The van der Waals surface area contributed by atoms with E-state index < -0.39 is 0 Å². The molecule has 1 aromatic heterocycles. The number of rotatable bonds is 3. The van der Waals surface area contributed by atoms with Gasteiger partial charge in [-0.1, -0.05) is 11.8 Å². The number of hydrogen-bond acceptors (Lipinski definition) is 4. The van der Waals surface area contributed by atoms with Crippen molar-refractivity contribution in [1.29, 1.82) is 0 Å². The van der Waals surface area contributed by atoms with E-state index >= 15 is 0 Å². The fourth-order valence-corrected chi connectivity index (χ4v) is 3.73. The third-order valence-electron chi connectivity index (χ3n) is 4.18. The maximum absolute atomic E-state index is 12.1. The zero-order chi connectivity index (χ0) is 18.5. The highest BCUT2D eigenvalue weighted by atomic mass is 32.1. The third kappa shape index (κ3) is 4.30. The van der Waals surface area contributed by atoms with Crippen LogP contribution in [0.4, 0.5) is 5.69 Å². The summed E-state index contributed by atoms with van der Waals surface area (Å²) in [5, 5.41) is 3.68. The average Bonchev–Trinajstić information content (AvgIpc) is 2.98. The Bertz CT molecular complexity index is 875. The van der Waals surface area contributed by atoms with Crippen molar-refractivity contribution in [3.05, 3.63) is 45.4 Å². The van der Waals surface area contributed by atoms with Gasteiger partial charge in [-0.15, -0.1) is 11.3 Å². The molecule has 1 aliphatic rings. The lowest BCUT2D eigenvalue weighted by Gasteiger charge is -2.26. The Hall–Kier alpha value is -2.65. The Kier molecular flexibility index (Phi) is 5.69. The summed E-state index contributed by atoms with van der Waals surface area (Å²) in [4.78, 5) is 30.8. The summed E-state index contributed by atoms with van der Waals surface area (Å²) in [5.74, 6) is 6.04. The van der Waals surface area contributed by atoms with Crippen molar-refractivity contribution in [3.8, 4) is 11.8 Å². The summed E-state index contributed by atoms with van der Waals surface area (Å²) in [6.45, 7) is 4.78. The van der Waals surface area contributed by atoms with Crippen molar-refractivity contribution in [1.82, 2.24) is 10.3 Å². The molecule has 0 saturated carbocycles. The standard InChI is InChI=1S/C20H21N3O2S/c1-14-19(26-15(2)22-14)20(25)21-12-5-6-16-8-10-17(11-9-16)23-13-4-3-7-18(23)24/h8-11H,3-4,7,12-13H2,1-2H3,(H,21,25). The third-order valence-corrected chi connectivity index (χ3v) is 5.25. The minimum absolute atomic E-state index is 0.138. The Balaban J connectivity index is 1.56. The van der Waals surface area contributed by atoms with Crippen LogP contribution >= 0.6 is 11.3 Å². The Morgan fingerprint density at radius 2 is 2.04 bits per heavy atom. The SMILES string of the molecule is Cc1nc(C)c(C(=O)NCC#Cc2ccc(N3CCCCC3=O)cc2)s1. The molecule has 134 valence electrons. The number of benzene rings is 1. The molecule has 2 amide bonds. The first-order chi connectivity index (χ1) is 12.5. The second kappa shape index (κ2) is 8.15. The van der Waals surface area contributed by atoms with Gasteiger partial charge in [0.05, 0.1) is 17.2 Å². The van der Waals surface area contributed by atoms with E-state index in [1.807, 2.05) is 43.0 Å². The quantitative estimate of drug-likeness (QED) is 0.848. The van der Waals surface area contributed by atoms with E-state index in [0.717, 1.165) is 41.3 Å². The summed E-state index contributed by atoms with van der Waals surface area (Å²) >= 11 is 1.39. The lowest BCUT2D eigenvalue weighted by Crippen LogP contribution is -2.35. The van der Waals surface area contributed by atoms with Crippen LogP contribution in [0.15, 0.2) is 24.3 Å². The highest BCUT2D eigenvalue weighted by Gasteiger charge is 2.19. The first kappa shape index (κ1) is 18.2. The minimum atomic E-state index is -0.138. The molecule has 1 fully saturated rings. The van der Waals surface area contributed by atoms with Crippen LogP contribution in [-0.2, 0) is 4.79 Å². The normalized spacial score (nSPS) is 13.9. The minimum Gasteiger partial charge on any atom is -0.340 e. The van der Waals surface area contributed by atoms with Crippen molar-refractivity contribution in [2.75, 3.05) is 18.0 Å². The molecule has 1 saturated heterocycles. The van der Waals surface area contributed by atoms with Crippen molar-refractivity contribution in [2.24, 2.45) is 0 Å². The topological polar surface area (TPSA) is 62.3 Å². The molecule has 0 aliphatic carbocycles. The van der Waals surface area contributed by atoms with Crippen molar-refractivity contribution < 1.29 is 9.59 Å². The van der Waals surface area contributed by atoms with Crippen LogP contribution in [0, 0.1) is 25.7 Å². The predicted octanol–water partition coefficient (Wildman–Crippen LogP) is 3.06. The number of aryl methyl sites for hydroxylation is 2. The molecule has 2 aromatic rings.